The molecule has 0 bridgehead atoms. The van der Waals surface area contributed by atoms with E-state index in [2.05, 4.69) is 10.5 Å². The maximum Gasteiger partial charge on any atom is 0.309 e. The maximum atomic E-state index is 11.6. The highest BCUT2D eigenvalue weighted by Gasteiger charge is 2.15. The molecule has 0 spiro atoms. The molecule has 0 saturated heterocycles. The Kier molecular flexibility index (Phi) is 8.62. The Labute approximate surface area is 214 Å². The second-order valence-electron chi connectivity index (χ2n) is 7.93. The zero-order valence-corrected chi connectivity index (χ0v) is 20.9. The van der Waals surface area contributed by atoms with E-state index < -0.39 is 0 Å². The Balaban J connectivity index is 1.37. The van der Waals surface area contributed by atoms with Crippen LogP contribution in [0.4, 0.5) is 0 Å². The molecule has 2 aromatic heterocycles. The van der Waals surface area contributed by atoms with Crippen molar-refractivity contribution in [3.05, 3.63) is 95.6 Å². The number of aromatic nitrogens is 1. The fraction of sp³-hybridized carbons (Fsp3) is 0.214. The van der Waals surface area contributed by atoms with Gasteiger partial charge in [-0.05, 0) is 48.4 Å². The molecular formula is C28H28N2O7. The number of nitrogens with zero attached hydrogens (tertiary/aromatic N) is 1. The van der Waals surface area contributed by atoms with Crippen LogP contribution in [0.1, 0.15) is 29.0 Å². The number of hydroxylamine groups is 1. The van der Waals surface area contributed by atoms with Crippen molar-refractivity contribution in [2.75, 3.05) is 14.2 Å². The monoisotopic (exact) mass is 504 g/mol. The number of nitrogens with one attached hydrogen (secondary N) is 1. The molecule has 192 valence electrons. The van der Waals surface area contributed by atoms with Gasteiger partial charge < -0.3 is 23.0 Å². The molecule has 2 aromatic carbocycles. The molecule has 0 amide bonds. The zero-order valence-electron chi connectivity index (χ0n) is 20.9. The Morgan fingerprint density at radius 3 is 2.59 bits per heavy atom. The normalized spacial score (nSPS) is 11.3. The fourth-order valence-electron chi connectivity index (χ4n) is 3.44. The van der Waals surface area contributed by atoms with Crippen molar-refractivity contribution >= 4 is 11.7 Å². The van der Waals surface area contributed by atoms with E-state index in [9.17, 15) is 4.79 Å². The smallest absolute Gasteiger partial charge is 0.309 e. The minimum Gasteiger partial charge on any atom is -0.493 e. The average Bonchev–Trinajstić information content (AvgIpc) is 3.60. The number of benzene rings is 2. The van der Waals surface area contributed by atoms with Gasteiger partial charge in [0.05, 0.1) is 39.2 Å². The Morgan fingerprint density at radius 1 is 1.03 bits per heavy atom. The molecule has 0 aliphatic rings. The average molecular weight is 505 g/mol. The third-order valence-electron chi connectivity index (χ3n) is 5.42. The highest BCUT2D eigenvalue weighted by Crippen LogP contribution is 2.30. The van der Waals surface area contributed by atoms with Crippen LogP contribution >= 0.6 is 0 Å². The molecule has 0 aliphatic carbocycles. The summed E-state index contributed by atoms with van der Waals surface area (Å²) in [5, 5.41) is 0. The lowest BCUT2D eigenvalue weighted by Crippen LogP contribution is -2.14. The summed E-state index contributed by atoms with van der Waals surface area (Å²) in [5.41, 5.74) is 6.00. The summed E-state index contributed by atoms with van der Waals surface area (Å²) in [6.45, 7) is 2.27. The van der Waals surface area contributed by atoms with Crippen LogP contribution in [0, 0.1) is 6.92 Å². The van der Waals surface area contributed by atoms with Crippen molar-refractivity contribution in [1.29, 1.82) is 0 Å². The van der Waals surface area contributed by atoms with Crippen LogP contribution in [0.5, 0.6) is 11.5 Å². The molecule has 2 heterocycles. The first-order valence-corrected chi connectivity index (χ1v) is 11.6. The number of furan rings is 1. The predicted octanol–water partition coefficient (Wildman–Crippen LogP) is 5.46. The van der Waals surface area contributed by atoms with Crippen LogP contribution in [0.15, 0.2) is 81.8 Å². The third-order valence-corrected chi connectivity index (χ3v) is 5.42. The highest BCUT2D eigenvalue weighted by molar-refractivity contribution is 5.74. The number of rotatable bonds is 12. The van der Waals surface area contributed by atoms with Gasteiger partial charge in [-0.1, -0.05) is 36.4 Å². The van der Waals surface area contributed by atoms with Gasteiger partial charge in [-0.3, -0.25) is 15.1 Å². The first kappa shape index (κ1) is 25.6. The molecule has 0 fully saturated rings. The lowest BCUT2D eigenvalue weighted by molar-refractivity contribution is -0.139. The van der Waals surface area contributed by atoms with Crippen molar-refractivity contribution in [3.63, 3.8) is 0 Å². The molecule has 0 saturated carbocycles. The Hall–Kier alpha value is -4.50. The lowest BCUT2D eigenvalue weighted by Gasteiger charge is -2.14. The van der Waals surface area contributed by atoms with Crippen molar-refractivity contribution in [2.45, 2.75) is 26.6 Å². The number of oxazole rings is 1. The van der Waals surface area contributed by atoms with Gasteiger partial charge in [-0.2, -0.15) is 0 Å². The summed E-state index contributed by atoms with van der Waals surface area (Å²) < 4.78 is 27.2. The first-order chi connectivity index (χ1) is 18.1. The SMILES string of the molecule is COC(=O)CC=C(NOCc1ccc(OCc2nc(-c3ccco3)oc2C)c(OC)c1)c1ccccc1. The van der Waals surface area contributed by atoms with Gasteiger partial charge in [0.2, 0.25) is 0 Å². The molecule has 0 aliphatic heterocycles. The lowest BCUT2D eigenvalue weighted by atomic mass is 10.1. The largest absolute Gasteiger partial charge is 0.493 e. The number of hydrogen-bond acceptors (Lipinski definition) is 9. The summed E-state index contributed by atoms with van der Waals surface area (Å²) in [6, 6.07) is 18.7. The fourth-order valence-corrected chi connectivity index (χ4v) is 3.44. The molecular weight excluding hydrogens is 476 g/mol. The number of methoxy groups -OCH3 is 2. The molecule has 9 nitrogen and oxygen atoms in total. The standard InChI is InChI=1S/C28H28N2O7/c1-19-23(29-28(37-19)25-10-7-15-34-25)18-35-24-13-11-20(16-26(24)32-2)17-36-30-22(12-14-27(31)33-3)21-8-5-4-6-9-21/h4-13,15-16,30H,14,17-18H2,1-3H3. The van der Waals surface area contributed by atoms with Gasteiger partial charge in [0.15, 0.2) is 17.3 Å². The molecule has 0 unspecified atom stereocenters. The number of esters is 1. The van der Waals surface area contributed by atoms with Crippen LogP contribution in [0.25, 0.3) is 17.3 Å². The molecule has 9 heteroatoms. The number of carbonyl (C=O) groups excluding carboxylic acids is 1. The first-order valence-electron chi connectivity index (χ1n) is 11.6. The van der Waals surface area contributed by atoms with E-state index >= 15 is 0 Å². The molecule has 37 heavy (non-hydrogen) atoms. The van der Waals surface area contributed by atoms with Crippen molar-refractivity contribution < 1.29 is 32.7 Å². The number of carbonyl (C=O) groups is 1. The summed E-state index contributed by atoms with van der Waals surface area (Å²) in [5.74, 6) is 2.38. The highest BCUT2D eigenvalue weighted by atomic mass is 16.6. The van der Waals surface area contributed by atoms with Gasteiger partial charge in [-0.25, -0.2) is 4.98 Å². The van der Waals surface area contributed by atoms with Gasteiger partial charge in [0.25, 0.3) is 5.89 Å². The van der Waals surface area contributed by atoms with Crippen LogP contribution in [-0.4, -0.2) is 25.2 Å². The van der Waals surface area contributed by atoms with Crippen LogP contribution in [0.3, 0.4) is 0 Å². The predicted molar refractivity (Wildman–Crippen MR) is 135 cm³/mol. The van der Waals surface area contributed by atoms with Crippen LogP contribution < -0.4 is 15.0 Å². The van der Waals surface area contributed by atoms with Crippen molar-refractivity contribution in [1.82, 2.24) is 10.5 Å². The Morgan fingerprint density at radius 2 is 1.86 bits per heavy atom. The molecule has 1 N–H and O–H groups in total. The number of hydrogen-bond donors (Lipinski definition) is 1. The quantitative estimate of drug-likeness (QED) is 0.199. The molecule has 4 rings (SSSR count). The van der Waals surface area contributed by atoms with E-state index in [1.807, 2.05) is 55.5 Å². The summed E-state index contributed by atoms with van der Waals surface area (Å²) in [7, 11) is 2.93. The molecule has 0 atom stereocenters. The van der Waals surface area contributed by atoms with Crippen molar-refractivity contribution in [2.24, 2.45) is 0 Å². The maximum absolute atomic E-state index is 11.6. The van der Waals surface area contributed by atoms with Gasteiger partial charge in [-0.15, -0.1) is 0 Å². The van der Waals surface area contributed by atoms with E-state index in [0.717, 1.165) is 11.1 Å². The van der Waals surface area contributed by atoms with E-state index in [1.165, 1.54) is 7.11 Å². The molecule has 0 radical (unpaired) electrons. The summed E-state index contributed by atoms with van der Waals surface area (Å²) in [4.78, 5) is 21.8. The van der Waals surface area contributed by atoms with Gasteiger partial charge in [0.1, 0.15) is 18.1 Å². The zero-order chi connectivity index (χ0) is 26.0. The van der Waals surface area contributed by atoms with Crippen LogP contribution in [0.2, 0.25) is 0 Å². The Bertz CT molecular complexity index is 1330. The van der Waals surface area contributed by atoms with Crippen molar-refractivity contribution in [3.8, 4) is 23.1 Å². The second-order valence-corrected chi connectivity index (χ2v) is 7.93. The molecule has 4 aromatic rings. The summed E-state index contributed by atoms with van der Waals surface area (Å²) in [6.07, 6.45) is 3.41. The van der Waals surface area contributed by atoms with E-state index in [0.29, 0.717) is 40.3 Å². The van der Waals surface area contributed by atoms with Gasteiger partial charge >= 0.3 is 5.97 Å². The minimum atomic E-state index is -0.339. The summed E-state index contributed by atoms with van der Waals surface area (Å²) >= 11 is 0. The number of ether oxygens (including phenoxy) is 3. The number of aryl methyl sites for hydroxylation is 1. The van der Waals surface area contributed by atoms with E-state index in [1.54, 1.807) is 31.6 Å². The van der Waals surface area contributed by atoms with E-state index in [-0.39, 0.29) is 25.6 Å². The second kappa shape index (κ2) is 12.5. The van der Waals surface area contributed by atoms with Gasteiger partial charge in [0, 0.05) is 0 Å². The topological polar surface area (TPSA) is 105 Å². The third kappa shape index (κ3) is 6.80. The minimum absolute atomic E-state index is 0.116. The van der Waals surface area contributed by atoms with Crippen LogP contribution in [-0.2, 0) is 27.6 Å². The van der Waals surface area contributed by atoms with E-state index in [4.69, 9.17) is 27.9 Å².